The van der Waals surface area contributed by atoms with E-state index in [1.165, 1.54) is 0 Å². The highest BCUT2D eigenvalue weighted by Crippen LogP contribution is 2.24. The zero-order valence-electron chi connectivity index (χ0n) is 8.56. The van der Waals surface area contributed by atoms with Crippen LogP contribution in [0, 0.1) is 0 Å². The minimum atomic E-state index is -1.35. The lowest BCUT2D eigenvalue weighted by Gasteiger charge is -2.14. The van der Waals surface area contributed by atoms with Gasteiger partial charge < -0.3 is 10.0 Å². The van der Waals surface area contributed by atoms with Crippen LogP contribution in [0.5, 0.6) is 0 Å². The third kappa shape index (κ3) is 3.34. The molecule has 78 valence electrons. The van der Waals surface area contributed by atoms with Crippen molar-refractivity contribution in [2.45, 2.75) is 12.8 Å². The Morgan fingerprint density at radius 3 is 2.60 bits per heavy atom. The molecule has 0 saturated heterocycles. The summed E-state index contributed by atoms with van der Waals surface area (Å²) in [6.45, 7) is 7.23. The SMILES string of the molecule is C=N/C=C\C(=C)C1=CC=C(B(O)O)CC1. The minimum absolute atomic E-state index is 0.636. The first-order valence-corrected chi connectivity index (χ1v) is 4.72. The van der Waals surface area contributed by atoms with Crippen LogP contribution in [0.25, 0.3) is 0 Å². The van der Waals surface area contributed by atoms with Gasteiger partial charge in [0.1, 0.15) is 0 Å². The molecule has 1 aliphatic rings. The summed E-state index contributed by atoms with van der Waals surface area (Å²) in [6.07, 6.45) is 8.37. The lowest BCUT2D eigenvalue weighted by atomic mass is 9.73. The second-order valence-electron chi connectivity index (χ2n) is 3.33. The van der Waals surface area contributed by atoms with Crippen molar-refractivity contribution >= 4 is 13.8 Å². The third-order valence-corrected chi connectivity index (χ3v) is 2.31. The van der Waals surface area contributed by atoms with E-state index in [9.17, 15) is 0 Å². The van der Waals surface area contributed by atoms with Crippen LogP contribution in [-0.2, 0) is 0 Å². The summed E-state index contributed by atoms with van der Waals surface area (Å²) in [7, 11) is -1.35. The van der Waals surface area contributed by atoms with Crippen LogP contribution in [0.2, 0.25) is 0 Å². The van der Waals surface area contributed by atoms with Crippen LogP contribution in [0.15, 0.2) is 52.6 Å². The summed E-state index contributed by atoms with van der Waals surface area (Å²) in [6, 6.07) is 0. The Labute approximate surface area is 90.0 Å². The fourth-order valence-corrected chi connectivity index (χ4v) is 1.39. The first-order chi connectivity index (χ1) is 7.15. The molecule has 0 heterocycles. The largest absolute Gasteiger partial charge is 0.484 e. The average Bonchev–Trinajstić information content (AvgIpc) is 2.26. The Morgan fingerprint density at radius 2 is 2.13 bits per heavy atom. The van der Waals surface area contributed by atoms with Gasteiger partial charge in [0, 0.05) is 6.20 Å². The lowest BCUT2D eigenvalue weighted by Crippen LogP contribution is -2.16. The van der Waals surface area contributed by atoms with Gasteiger partial charge in [-0.2, -0.15) is 0 Å². The third-order valence-electron chi connectivity index (χ3n) is 2.31. The number of allylic oxidation sites excluding steroid dienone is 6. The van der Waals surface area contributed by atoms with E-state index in [2.05, 4.69) is 18.3 Å². The molecule has 0 amide bonds. The highest BCUT2D eigenvalue weighted by atomic mass is 16.4. The quantitative estimate of drug-likeness (QED) is 0.412. The summed E-state index contributed by atoms with van der Waals surface area (Å²) in [5.74, 6) is 0. The van der Waals surface area contributed by atoms with Crippen LogP contribution in [-0.4, -0.2) is 23.9 Å². The summed E-state index contributed by atoms with van der Waals surface area (Å²) in [4.78, 5) is 3.60. The first-order valence-electron chi connectivity index (χ1n) is 4.72. The molecule has 1 aliphatic carbocycles. The topological polar surface area (TPSA) is 52.8 Å². The van der Waals surface area contributed by atoms with Crippen LogP contribution >= 0.6 is 0 Å². The van der Waals surface area contributed by atoms with Crippen LogP contribution < -0.4 is 0 Å². The Bertz CT molecular complexity index is 354. The molecule has 1 rings (SSSR count). The second-order valence-corrected chi connectivity index (χ2v) is 3.33. The zero-order chi connectivity index (χ0) is 11.3. The molecule has 4 heteroatoms. The molecule has 0 aliphatic heterocycles. The second kappa shape index (κ2) is 5.48. The fourth-order valence-electron chi connectivity index (χ4n) is 1.39. The monoisotopic (exact) mass is 203 g/mol. The maximum absolute atomic E-state index is 8.94. The number of rotatable bonds is 4. The molecule has 0 aromatic heterocycles. The van der Waals surface area contributed by atoms with Crippen molar-refractivity contribution in [2.75, 3.05) is 0 Å². The molecule has 2 N–H and O–H groups in total. The van der Waals surface area contributed by atoms with Gasteiger partial charge in [0.15, 0.2) is 0 Å². The van der Waals surface area contributed by atoms with E-state index in [-0.39, 0.29) is 0 Å². The van der Waals surface area contributed by atoms with E-state index in [0.29, 0.717) is 11.9 Å². The maximum Gasteiger partial charge on any atom is 0.484 e. The van der Waals surface area contributed by atoms with Gasteiger partial charge in [-0.25, -0.2) is 0 Å². The van der Waals surface area contributed by atoms with E-state index in [1.807, 2.05) is 6.08 Å². The van der Waals surface area contributed by atoms with E-state index in [0.717, 1.165) is 17.6 Å². The molecule has 0 bridgehead atoms. The van der Waals surface area contributed by atoms with Gasteiger partial charge in [-0.3, -0.25) is 4.99 Å². The normalized spacial score (nSPS) is 15.9. The lowest BCUT2D eigenvalue weighted by molar-refractivity contribution is 0.416. The molecule has 15 heavy (non-hydrogen) atoms. The number of hydrogen-bond acceptors (Lipinski definition) is 3. The van der Waals surface area contributed by atoms with Crippen LogP contribution in [0.4, 0.5) is 0 Å². The average molecular weight is 203 g/mol. The maximum atomic E-state index is 8.94. The molecule has 0 atom stereocenters. The molecular weight excluding hydrogens is 189 g/mol. The van der Waals surface area contributed by atoms with E-state index in [1.54, 1.807) is 18.4 Å². The molecule has 0 radical (unpaired) electrons. The van der Waals surface area contributed by atoms with Crippen molar-refractivity contribution in [2.24, 2.45) is 4.99 Å². The van der Waals surface area contributed by atoms with Gasteiger partial charge in [-0.15, -0.1) is 0 Å². The Hall–Kier alpha value is -1.39. The first kappa shape index (κ1) is 11.7. The Morgan fingerprint density at radius 1 is 1.40 bits per heavy atom. The highest BCUT2D eigenvalue weighted by molar-refractivity contribution is 6.50. The van der Waals surface area contributed by atoms with Gasteiger partial charge in [0.25, 0.3) is 0 Å². The van der Waals surface area contributed by atoms with Crippen LogP contribution in [0.3, 0.4) is 0 Å². The van der Waals surface area contributed by atoms with Crippen molar-refractivity contribution in [3.63, 3.8) is 0 Å². The summed E-state index contributed by atoms with van der Waals surface area (Å²) < 4.78 is 0. The predicted molar refractivity (Wildman–Crippen MR) is 63.4 cm³/mol. The van der Waals surface area contributed by atoms with Gasteiger partial charge in [0.05, 0.1) is 0 Å². The smallest absolute Gasteiger partial charge is 0.423 e. The standard InChI is InChI=1S/C11H14BNO2/c1-9(7-8-13-2)10-3-5-11(6-4-10)12(14)15/h3,5,7-8,14-15H,1-2,4,6H2/b8-7-. The van der Waals surface area contributed by atoms with E-state index in [4.69, 9.17) is 10.0 Å². The van der Waals surface area contributed by atoms with Crippen molar-refractivity contribution in [1.82, 2.24) is 0 Å². The van der Waals surface area contributed by atoms with Crippen molar-refractivity contribution in [3.8, 4) is 0 Å². The van der Waals surface area contributed by atoms with Crippen LogP contribution in [0.1, 0.15) is 12.8 Å². The molecular formula is C11H14BNO2. The molecule has 3 nitrogen and oxygen atoms in total. The number of hydrogen-bond donors (Lipinski definition) is 2. The minimum Gasteiger partial charge on any atom is -0.423 e. The Kier molecular flexibility index (Phi) is 4.27. The van der Waals surface area contributed by atoms with E-state index >= 15 is 0 Å². The molecule has 0 spiro atoms. The molecule has 0 saturated carbocycles. The van der Waals surface area contributed by atoms with Gasteiger partial charge >= 0.3 is 7.12 Å². The number of nitrogens with zero attached hydrogens (tertiary/aromatic N) is 1. The van der Waals surface area contributed by atoms with Crippen molar-refractivity contribution in [3.05, 3.63) is 47.6 Å². The molecule has 0 aromatic rings. The van der Waals surface area contributed by atoms with E-state index < -0.39 is 7.12 Å². The molecule has 0 fully saturated rings. The predicted octanol–water partition coefficient (Wildman–Crippen LogP) is 1.42. The van der Waals surface area contributed by atoms with Gasteiger partial charge in [-0.1, -0.05) is 18.7 Å². The number of aliphatic imine (C=N–C) groups is 1. The fraction of sp³-hybridized carbons (Fsp3) is 0.182. The van der Waals surface area contributed by atoms with Gasteiger partial charge in [0.2, 0.25) is 0 Å². The summed E-state index contributed by atoms with van der Waals surface area (Å²) in [5.41, 5.74) is 2.60. The molecule has 0 aromatic carbocycles. The zero-order valence-corrected chi connectivity index (χ0v) is 8.56. The van der Waals surface area contributed by atoms with Gasteiger partial charge in [-0.05, 0) is 42.3 Å². The summed E-state index contributed by atoms with van der Waals surface area (Å²) >= 11 is 0. The van der Waals surface area contributed by atoms with Crippen molar-refractivity contribution < 1.29 is 10.0 Å². The van der Waals surface area contributed by atoms with Crippen molar-refractivity contribution in [1.29, 1.82) is 0 Å². The summed E-state index contributed by atoms with van der Waals surface area (Å²) in [5, 5.41) is 17.9. The Balaban J connectivity index is 2.71. The highest BCUT2D eigenvalue weighted by Gasteiger charge is 2.17. The molecule has 0 unspecified atom stereocenters.